The van der Waals surface area contributed by atoms with E-state index in [0.29, 0.717) is 17.7 Å². The van der Waals surface area contributed by atoms with E-state index in [1.807, 2.05) is 0 Å². The molecule has 27 heavy (non-hydrogen) atoms. The Labute approximate surface area is 166 Å². The van der Waals surface area contributed by atoms with Crippen LogP contribution in [0.5, 0.6) is 5.75 Å². The number of carboxylic acid groups (broad SMARTS) is 1. The van der Waals surface area contributed by atoms with Gasteiger partial charge in [-0.3, -0.25) is 10.2 Å². The van der Waals surface area contributed by atoms with E-state index >= 15 is 0 Å². The summed E-state index contributed by atoms with van der Waals surface area (Å²) in [5, 5.41) is 20.3. The largest absolute Gasteiger partial charge is 0.481 e. The number of halogens is 1. The number of carbonyl (C=O) groups excluding carboxylic acids is 1. The van der Waals surface area contributed by atoms with E-state index < -0.39 is 11.9 Å². The van der Waals surface area contributed by atoms with Gasteiger partial charge in [0.1, 0.15) is 6.33 Å². The van der Waals surface area contributed by atoms with Gasteiger partial charge in [-0.2, -0.15) is 5.10 Å². The number of hydrogen-bond donors (Lipinski definition) is 3. The van der Waals surface area contributed by atoms with Gasteiger partial charge >= 0.3 is 11.9 Å². The van der Waals surface area contributed by atoms with Gasteiger partial charge in [0.2, 0.25) is 0 Å². The number of fused-ring (bicyclic) bond motifs is 1. The molecule has 10 heteroatoms. The van der Waals surface area contributed by atoms with Gasteiger partial charge in [-0.05, 0) is 52.4 Å². The van der Waals surface area contributed by atoms with E-state index in [0.717, 1.165) is 9.13 Å². The van der Waals surface area contributed by atoms with Crippen LogP contribution in [0.25, 0.3) is 5.65 Å². The molecular weight excluding hydrogens is 465 g/mol. The first-order chi connectivity index (χ1) is 12.8. The predicted molar refractivity (Wildman–Crippen MR) is 104 cm³/mol. The van der Waals surface area contributed by atoms with Crippen LogP contribution in [0.2, 0.25) is 0 Å². The topological polar surface area (TPSA) is 144 Å². The van der Waals surface area contributed by atoms with Crippen LogP contribution < -0.4 is 10.5 Å². The number of amidine groups is 1. The van der Waals surface area contributed by atoms with E-state index in [-0.39, 0.29) is 23.7 Å². The third-order valence-electron chi connectivity index (χ3n) is 3.67. The van der Waals surface area contributed by atoms with Crippen molar-refractivity contribution in [1.29, 1.82) is 5.41 Å². The molecule has 3 aromatic rings. The van der Waals surface area contributed by atoms with Gasteiger partial charge in [0.05, 0.1) is 23.5 Å². The van der Waals surface area contributed by atoms with Crippen molar-refractivity contribution in [2.45, 2.75) is 12.8 Å². The average molecular weight is 479 g/mol. The van der Waals surface area contributed by atoms with E-state index in [1.54, 1.807) is 18.2 Å². The van der Waals surface area contributed by atoms with Crippen LogP contribution in [0.3, 0.4) is 0 Å². The van der Waals surface area contributed by atoms with Gasteiger partial charge in [0, 0.05) is 9.99 Å². The van der Waals surface area contributed by atoms with Crippen LogP contribution >= 0.6 is 22.6 Å². The van der Waals surface area contributed by atoms with Crippen molar-refractivity contribution in [2.24, 2.45) is 5.73 Å². The molecule has 138 valence electrons. The molecule has 0 atom stereocenters. The molecule has 0 spiro atoms. The maximum absolute atomic E-state index is 12.5. The average Bonchev–Trinajstić information content (AvgIpc) is 3.08. The zero-order valence-corrected chi connectivity index (χ0v) is 16.0. The first-order valence-corrected chi connectivity index (χ1v) is 8.80. The van der Waals surface area contributed by atoms with Gasteiger partial charge in [-0.25, -0.2) is 14.3 Å². The second kappa shape index (κ2) is 7.70. The monoisotopic (exact) mass is 479 g/mol. The number of rotatable bonds is 6. The first-order valence-electron chi connectivity index (χ1n) is 7.72. The lowest BCUT2D eigenvalue weighted by atomic mass is 10.1. The van der Waals surface area contributed by atoms with E-state index in [4.69, 9.17) is 21.0 Å². The molecule has 0 aliphatic rings. The number of benzene rings is 1. The molecule has 0 aliphatic carbocycles. The number of nitrogens with two attached hydrogens (primary N) is 1. The standard InChI is InChI=1S/C17H14IN5O4/c18-12-5-10(2-1-9(12)6-14(19)20)17(26)27-13-4-3-11(7-15(24)25)23-16(13)21-8-22-23/h1-5,8H,6-7H2,(H3,19,20)(H,24,25). The minimum absolute atomic E-state index is 0.0406. The van der Waals surface area contributed by atoms with Crippen molar-refractivity contribution in [2.75, 3.05) is 0 Å². The van der Waals surface area contributed by atoms with Gasteiger partial charge < -0.3 is 15.6 Å². The summed E-state index contributed by atoms with van der Waals surface area (Å²) >= 11 is 2.07. The number of nitrogens with one attached hydrogen (secondary N) is 1. The summed E-state index contributed by atoms with van der Waals surface area (Å²) in [7, 11) is 0. The number of aliphatic carboxylic acids is 1. The number of hydrogen-bond acceptors (Lipinski definition) is 6. The number of carboxylic acids is 1. The van der Waals surface area contributed by atoms with Crippen molar-refractivity contribution in [3.8, 4) is 5.75 Å². The van der Waals surface area contributed by atoms with E-state index in [2.05, 4.69) is 32.7 Å². The van der Waals surface area contributed by atoms with Crippen LogP contribution in [0.15, 0.2) is 36.7 Å². The summed E-state index contributed by atoms with van der Waals surface area (Å²) in [4.78, 5) is 27.5. The molecule has 1 aromatic carbocycles. The molecule has 0 saturated carbocycles. The SMILES string of the molecule is N=C(N)Cc1ccc(C(=O)Oc2ccc(CC(=O)O)n3ncnc23)cc1I. The van der Waals surface area contributed by atoms with Crippen LogP contribution in [-0.2, 0) is 17.6 Å². The molecule has 4 N–H and O–H groups in total. The highest BCUT2D eigenvalue weighted by atomic mass is 127. The molecule has 3 rings (SSSR count). The fourth-order valence-corrected chi connectivity index (χ4v) is 3.19. The van der Waals surface area contributed by atoms with Crippen molar-refractivity contribution in [1.82, 2.24) is 14.6 Å². The molecule has 0 saturated heterocycles. The number of ether oxygens (including phenoxy) is 1. The molecule has 0 unspecified atom stereocenters. The van der Waals surface area contributed by atoms with Crippen molar-refractivity contribution in [3.63, 3.8) is 0 Å². The van der Waals surface area contributed by atoms with Gasteiger partial charge in [0.15, 0.2) is 11.4 Å². The Morgan fingerprint density at radius 2 is 2.04 bits per heavy atom. The van der Waals surface area contributed by atoms with E-state index in [9.17, 15) is 9.59 Å². The lowest BCUT2D eigenvalue weighted by molar-refractivity contribution is -0.136. The highest BCUT2D eigenvalue weighted by Gasteiger charge is 2.16. The molecule has 0 radical (unpaired) electrons. The Balaban J connectivity index is 1.86. The number of nitrogens with zero attached hydrogens (tertiary/aromatic N) is 3. The van der Waals surface area contributed by atoms with Crippen LogP contribution in [0.4, 0.5) is 0 Å². The van der Waals surface area contributed by atoms with Crippen molar-refractivity contribution in [3.05, 3.63) is 57.1 Å². The highest BCUT2D eigenvalue weighted by molar-refractivity contribution is 14.1. The zero-order valence-electron chi connectivity index (χ0n) is 13.8. The second-order valence-electron chi connectivity index (χ2n) is 5.65. The normalized spacial score (nSPS) is 10.7. The van der Waals surface area contributed by atoms with Crippen LogP contribution in [0.1, 0.15) is 21.6 Å². The molecule has 0 aliphatic heterocycles. The summed E-state index contributed by atoms with van der Waals surface area (Å²) < 4.78 is 7.55. The summed E-state index contributed by atoms with van der Waals surface area (Å²) in [6.45, 7) is 0. The maximum atomic E-state index is 12.5. The number of aromatic nitrogens is 3. The smallest absolute Gasteiger partial charge is 0.343 e. The maximum Gasteiger partial charge on any atom is 0.343 e. The third kappa shape index (κ3) is 4.22. The second-order valence-corrected chi connectivity index (χ2v) is 6.81. The fourth-order valence-electron chi connectivity index (χ4n) is 2.49. The Bertz CT molecular complexity index is 1060. The minimum atomic E-state index is -1.00. The lowest BCUT2D eigenvalue weighted by Crippen LogP contribution is -2.15. The summed E-state index contributed by atoms with van der Waals surface area (Å²) in [6, 6.07) is 8.00. The predicted octanol–water partition coefficient (Wildman–Crippen LogP) is 1.66. The number of carbonyl (C=O) groups is 2. The van der Waals surface area contributed by atoms with E-state index in [1.165, 1.54) is 23.0 Å². The molecule has 0 fully saturated rings. The van der Waals surface area contributed by atoms with Gasteiger partial charge in [-0.15, -0.1) is 0 Å². The molecule has 0 amide bonds. The summed E-state index contributed by atoms with van der Waals surface area (Å²) in [6.07, 6.45) is 1.33. The number of pyridine rings is 1. The van der Waals surface area contributed by atoms with Crippen molar-refractivity contribution >= 4 is 46.0 Å². The molecular formula is C17H14IN5O4. The van der Waals surface area contributed by atoms with Crippen molar-refractivity contribution < 1.29 is 19.4 Å². The summed E-state index contributed by atoms with van der Waals surface area (Å²) in [5.74, 6) is -1.37. The number of esters is 1. The Hall–Kier alpha value is -3.02. The third-order valence-corrected chi connectivity index (χ3v) is 4.68. The lowest BCUT2D eigenvalue weighted by Gasteiger charge is -2.09. The molecule has 0 bridgehead atoms. The summed E-state index contributed by atoms with van der Waals surface area (Å²) in [5.41, 5.74) is 7.26. The van der Waals surface area contributed by atoms with Crippen LogP contribution in [0, 0.1) is 8.98 Å². The fraction of sp³-hybridized carbons (Fsp3) is 0.118. The molecule has 9 nitrogen and oxygen atoms in total. The highest BCUT2D eigenvalue weighted by Crippen LogP contribution is 2.22. The van der Waals surface area contributed by atoms with Crippen LogP contribution in [-0.4, -0.2) is 37.5 Å². The molecule has 2 heterocycles. The molecule has 2 aromatic heterocycles. The van der Waals surface area contributed by atoms with Gasteiger partial charge in [-0.1, -0.05) is 6.07 Å². The Morgan fingerprint density at radius 1 is 1.26 bits per heavy atom. The zero-order chi connectivity index (χ0) is 19.6. The quantitative estimate of drug-likeness (QED) is 0.211. The first kappa shape index (κ1) is 18.8. The van der Waals surface area contributed by atoms with Gasteiger partial charge in [0.25, 0.3) is 0 Å². The minimum Gasteiger partial charge on any atom is -0.481 e. The Kier molecular flexibility index (Phi) is 5.35. The Morgan fingerprint density at radius 3 is 2.70 bits per heavy atom.